The molecule has 3 aromatic carbocycles. The molecule has 0 bridgehead atoms. The quantitative estimate of drug-likeness (QED) is 0.146. The predicted molar refractivity (Wildman–Crippen MR) is 164 cm³/mol. The van der Waals surface area contributed by atoms with Crippen LogP contribution in [0.1, 0.15) is 37.7 Å². The molecule has 0 radical (unpaired) electrons. The molecule has 1 fully saturated rings. The minimum absolute atomic E-state index is 0.150. The highest BCUT2D eigenvalue weighted by molar-refractivity contribution is 7.99. The number of thioether (sulfide) groups is 1. The maximum atomic E-state index is 12.6. The van der Waals surface area contributed by atoms with Gasteiger partial charge in [-0.25, -0.2) is 0 Å². The zero-order valence-corrected chi connectivity index (χ0v) is 24.6. The van der Waals surface area contributed by atoms with Crippen LogP contribution in [0, 0.1) is 0 Å². The molecule has 0 atom stereocenters. The summed E-state index contributed by atoms with van der Waals surface area (Å²) in [6.07, 6.45) is 4.28. The van der Waals surface area contributed by atoms with E-state index in [0.717, 1.165) is 73.3 Å². The maximum Gasteiger partial charge on any atom is 0.220 e. The number of halogens is 2. The van der Waals surface area contributed by atoms with Gasteiger partial charge in [-0.15, -0.1) is 10.2 Å². The molecule has 1 N–H and O–H groups in total. The van der Waals surface area contributed by atoms with E-state index >= 15 is 0 Å². The van der Waals surface area contributed by atoms with Gasteiger partial charge in [0.1, 0.15) is 0 Å². The van der Waals surface area contributed by atoms with Crippen LogP contribution in [0.25, 0.3) is 17.1 Å². The van der Waals surface area contributed by atoms with E-state index in [1.54, 1.807) is 17.8 Å². The number of hydrogen-bond acceptors (Lipinski definition) is 5. The normalized spacial score (nSPS) is 14.3. The minimum atomic E-state index is 0.150. The predicted octanol–water partition coefficient (Wildman–Crippen LogP) is 7.28. The number of piperidine rings is 1. The summed E-state index contributed by atoms with van der Waals surface area (Å²) in [5.74, 6) is 1.73. The number of nitrogens with zero attached hydrogens (tertiary/aromatic N) is 4. The number of carbonyl (C=O) groups is 1. The molecule has 4 aromatic rings. The number of nitrogens with one attached hydrogen (secondary N) is 1. The first kappa shape index (κ1) is 28.7. The molecule has 0 unspecified atom stereocenters. The van der Waals surface area contributed by atoms with Crippen molar-refractivity contribution >= 4 is 40.9 Å². The van der Waals surface area contributed by atoms with E-state index in [-0.39, 0.29) is 11.9 Å². The van der Waals surface area contributed by atoms with Crippen LogP contribution in [0.5, 0.6) is 0 Å². The molecule has 5 rings (SSSR count). The largest absolute Gasteiger partial charge is 0.353 e. The Bertz CT molecular complexity index is 1390. The van der Waals surface area contributed by atoms with Gasteiger partial charge in [0.25, 0.3) is 0 Å². The van der Waals surface area contributed by atoms with Gasteiger partial charge in [0.05, 0.1) is 15.7 Å². The Labute approximate surface area is 250 Å². The molecular formula is C31H33Cl2N5OS. The Morgan fingerprint density at radius 2 is 1.62 bits per heavy atom. The molecule has 2 heterocycles. The Morgan fingerprint density at radius 1 is 0.900 bits per heavy atom. The summed E-state index contributed by atoms with van der Waals surface area (Å²) < 4.78 is 2.01. The van der Waals surface area contributed by atoms with Gasteiger partial charge in [-0.2, -0.15) is 0 Å². The molecule has 208 valence electrons. The molecule has 1 saturated heterocycles. The number of aromatic nitrogens is 3. The van der Waals surface area contributed by atoms with Gasteiger partial charge in [-0.05, 0) is 49.4 Å². The third-order valence-electron chi connectivity index (χ3n) is 7.06. The number of likely N-dealkylation sites (tertiary alicyclic amines) is 1. The second-order valence-electron chi connectivity index (χ2n) is 10.0. The Morgan fingerprint density at radius 3 is 2.35 bits per heavy atom. The van der Waals surface area contributed by atoms with Gasteiger partial charge in [0.15, 0.2) is 11.0 Å². The summed E-state index contributed by atoms with van der Waals surface area (Å²) in [5.41, 5.74) is 3.17. The molecule has 1 aliphatic heterocycles. The Hall–Kier alpha value is -2.84. The summed E-state index contributed by atoms with van der Waals surface area (Å²) in [7, 11) is 0. The number of rotatable bonds is 11. The van der Waals surface area contributed by atoms with Crippen molar-refractivity contribution in [1.82, 2.24) is 25.0 Å². The highest BCUT2D eigenvalue weighted by atomic mass is 35.5. The maximum absolute atomic E-state index is 12.6. The van der Waals surface area contributed by atoms with Crippen molar-refractivity contribution in [3.63, 3.8) is 0 Å². The van der Waals surface area contributed by atoms with Crippen LogP contribution in [0.2, 0.25) is 10.0 Å². The second kappa shape index (κ2) is 14.2. The third-order valence-corrected chi connectivity index (χ3v) is 8.81. The van der Waals surface area contributed by atoms with E-state index < -0.39 is 0 Å². The highest BCUT2D eigenvalue weighted by Crippen LogP contribution is 2.31. The fraction of sp³-hybridized carbons (Fsp3) is 0.323. The first-order valence-electron chi connectivity index (χ1n) is 13.7. The molecule has 0 spiro atoms. The molecule has 1 aliphatic rings. The summed E-state index contributed by atoms with van der Waals surface area (Å²) >= 11 is 14.1. The van der Waals surface area contributed by atoms with Crippen LogP contribution in [0.4, 0.5) is 0 Å². The topological polar surface area (TPSA) is 63.1 Å². The smallest absolute Gasteiger partial charge is 0.220 e. The first-order valence-corrected chi connectivity index (χ1v) is 15.5. The fourth-order valence-corrected chi connectivity index (χ4v) is 6.17. The van der Waals surface area contributed by atoms with Gasteiger partial charge in [0.2, 0.25) is 5.91 Å². The van der Waals surface area contributed by atoms with E-state index in [9.17, 15) is 4.79 Å². The van der Waals surface area contributed by atoms with Crippen LogP contribution in [-0.4, -0.2) is 50.5 Å². The van der Waals surface area contributed by atoms with Crippen LogP contribution in [-0.2, 0) is 11.3 Å². The number of benzene rings is 3. The lowest BCUT2D eigenvalue weighted by atomic mass is 10.0. The Balaban J connectivity index is 1.09. The minimum Gasteiger partial charge on any atom is -0.353 e. The number of hydrogen-bond donors (Lipinski definition) is 1. The molecule has 0 aliphatic carbocycles. The number of carbonyl (C=O) groups excluding carboxylic acids is 1. The monoisotopic (exact) mass is 593 g/mol. The molecule has 1 aromatic heterocycles. The van der Waals surface area contributed by atoms with Crippen molar-refractivity contribution in [2.75, 3.05) is 18.8 Å². The molecular weight excluding hydrogens is 561 g/mol. The molecule has 9 heteroatoms. The second-order valence-corrected chi connectivity index (χ2v) is 11.9. The number of unbranched alkanes of at least 4 members (excludes halogenated alkanes) is 1. The third kappa shape index (κ3) is 7.67. The van der Waals surface area contributed by atoms with Crippen molar-refractivity contribution < 1.29 is 4.79 Å². The van der Waals surface area contributed by atoms with E-state index in [1.165, 1.54) is 5.56 Å². The lowest BCUT2D eigenvalue weighted by molar-refractivity contribution is -0.122. The van der Waals surface area contributed by atoms with E-state index in [0.29, 0.717) is 16.5 Å². The lowest BCUT2D eigenvalue weighted by Gasteiger charge is -2.32. The van der Waals surface area contributed by atoms with Crippen LogP contribution in [0.15, 0.2) is 84.0 Å². The van der Waals surface area contributed by atoms with Crippen molar-refractivity contribution in [2.24, 2.45) is 0 Å². The molecule has 0 saturated carbocycles. The van der Waals surface area contributed by atoms with Gasteiger partial charge >= 0.3 is 0 Å². The Kier molecular flexibility index (Phi) is 10.2. The zero-order valence-electron chi connectivity index (χ0n) is 22.3. The van der Waals surface area contributed by atoms with Crippen LogP contribution >= 0.6 is 35.0 Å². The summed E-state index contributed by atoms with van der Waals surface area (Å²) in [4.78, 5) is 15.1. The molecule has 40 heavy (non-hydrogen) atoms. The summed E-state index contributed by atoms with van der Waals surface area (Å²) in [6, 6.07) is 26.3. The standard InChI is InChI=1S/C31H33Cl2N5OS/c32-27-15-14-26(21-28(27)33)38-30(24-11-5-2-6-12-24)35-36-31(38)40-20-8-7-13-29(39)34-25-16-18-37(19-17-25)22-23-9-3-1-4-10-23/h1-6,9-12,14-15,21,25H,7-8,13,16-20,22H2,(H,34,39). The average Bonchev–Trinajstić information content (AvgIpc) is 3.40. The van der Waals surface area contributed by atoms with Crippen molar-refractivity contribution in [3.05, 3.63) is 94.5 Å². The van der Waals surface area contributed by atoms with Crippen molar-refractivity contribution in [2.45, 2.75) is 49.8 Å². The number of amides is 1. The van der Waals surface area contributed by atoms with Crippen LogP contribution in [0.3, 0.4) is 0 Å². The fourth-order valence-electron chi connectivity index (χ4n) is 4.92. The summed E-state index contributed by atoms with van der Waals surface area (Å²) in [5, 5.41) is 14.0. The van der Waals surface area contributed by atoms with Crippen LogP contribution < -0.4 is 5.32 Å². The van der Waals surface area contributed by atoms with Crippen molar-refractivity contribution in [3.8, 4) is 17.1 Å². The first-order chi connectivity index (χ1) is 19.6. The van der Waals surface area contributed by atoms with E-state index in [2.05, 4.69) is 50.7 Å². The van der Waals surface area contributed by atoms with Gasteiger partial charge in [0, 0.05) is 43.4 Å². The van der Waals surface area contributed by atoms with E-state index in [4.69, 9.17) is 23.2 Å². The molecule has 1 amide bonds. The summed E-state index contributed by atoms with van der Waals surface area (Å²) in [6.45, 7) is 3.01. The molecule has 6 nitrogen and oxygen atoms in total. The van der Waals surface area contributed by atoms with Gasteiger partial charge < -0.3 is 5.32 Å². The van der Waals surface area contributed by atoms with Gasteiger partial charge in [-0.3, -0.25) is 14.3 Å². The average molecular weight is 595 g/mol. The highest BCUT2D eigenvalue weighted by Gasteiger charge is 2.21. The SMILES string of the molecule is O=C(CCCCSc1nnc(-c2ccccc2)n1-c1ccc(Cl)c(Cl)c1)NC1CCN(Cc2ccccc2)CC1. The van der Waals surface area contributed by atoms with Gasteiger partial charge in [-0.1, -0.05) is 95.6 Å². The zero-order chi connectivity index (χ0) is 27.7. The van der Waals surface area contributed by atoms with Crippen molar-refractivity contribution in [1.29, 1.82) is 0 Å². The lowest BCUT2D eigenvalue weighted by Crippen LogP contribution is -2.44. The van der Waals surface area contributed by atoms with E-state index in [1.807, 2.05) is 47.0 Å².